The van der Waals surface area contributed by atoms with Gasteiger partial charge in [-0.05, 0) is 46.8 Å². The number of aromatic nitrogens is 6. The van der Waals surface area contributed by atoms with E-state index in [-0.39, 0.29) is 12.5 Å². The lowest BCUT2D eigenvalue weighted by molar-refractivity contribution is -0.132. The maximum atomic E-state index is 12.3. The van der Waals surface area contributed by atoms with Crippen molar-refractivity contribution >= 4 is 16.9 Å². The molecule has 0 aliphatic heterocycles. The van der Waals surface area contributed by atoms with Crippen LogP contribution in [0.3, 0.4) is 0 Å². The van der Waals surface area contributed by atoms with E-state index in [0.29, 0.717) is 18.8 Å². The van der Waals surface area contributed by atoms with Crippen LogP contribution >= 0.6 is 0 Å². The number of fused-ring (bicyclic) bond motifs is 1. The second kappa shape index (κ2) is 7.87. The highest BCUT2D eigenvalue weighted by atomic mass is 16.5. The molecule has 2 aromatic heterocycles. The fourth-order valence-electron chi connectivity index (χ4n) is 2.80. The quantitative estimate of drug-likeness (QED) is 0.485. The molecule has 0 N–H and O–H groups in total. The minimum absolute atomic E-state index is 0.0224. The summed E-state index contributed by atoms with van der Waals surface area (Å²) in [6, 6.07) is 15.1. The Bertz CT molecular complexity index is 1060. The van der Waals surface area contributed by atoms with Crippen molar-refractivity contribution in [3.05, 3.63) is 61.2 Å². The Labute approximate surface area is 161 Å². The summed E-state index contributed by atoms with van der Waals surface area (Å²) in [6.45, 7) is 1.22. The summed E-state index contributed by atoms with van der Waals surface area (Å²) >= 11 is 0. The first-order chi connectivity index (χ1) is 13.7. The van der Waals surface area contributed by atoms with E-state index in [0.717, 1.165) is 16.7 Å². The molecule has 0 saturated heterocycles. The summed E-state index contributed by atoms with van der Waals surface area (Å²) in [5.74, 6) is 0.521. The molecule has 0 spiro atoms. The van der Waals surface area contributed by atoms with Gasteiger partial charge in [0.25, 0.3) is 5.91 Å². The lowest BCUT2D eigenvalue weighted by Gasteiger charge is -2.18. The van der Waals surface area contributed by atoms with Crippen LogP contribution in [0.25, 0.3) is 16.7 Å². The normalized spacial score (nSPS) is 10.9. The molecule has 142 valence electrons. The summed E-state index contributed by atoms with van der Waals surface area (Å²) in [5, 5.41) is 11.0. The molecule has 0 aliphatic carbocycles. The van der Waals surface area contributed by atoms with Gasteiger partial charge in [0, 0.05) is 20.1 Å². The zero-order chi connectivity index (χ0) is 19.3. The van der Waals surface area contributed by atoms with Gasteiger partial charge < -0.3 is 14.2 Å². The van der Waals surface area contributed by atoms with E-state index in [9.17, 15) is 4.79 Å². The second-order valence-corrected chi connectivity index (χ2v) is 6.28. The third-order valence-electron chi connectivity index (χ3n) is 4.44. The summed E-state index contributed by atoms with van der Waals surface area (Å²) in [4.78, 5) is 18.4. The fraction of sp³-hybridized carbons (Fsp3) is 0.211. The second-order valence-electron chi connectivity index (χ2n) is 6.28. The summed E-state index contributed by atoms with van der Waals surface area (Å²) in [7, 11) is 1.77. The van der Waals surface area contributed by atoms with Gasteiger partial charge >= 0.3 is 0 Å². The number of ether oxygens (including phenoxy) is 1. The molecule has 0 radical (unpaired) electrons. The largest absolute Gasteiger partial charge is 0.484 e. The number of carbonyl (C=O) groups excluding carboxylic acids is 1. The van der Waals surface area contributed by atoms with Gasteiger partial charge in [-0.1, -0.05) is 12.1 Å². The Kier molecular flexibility index (Phi) is 4.96. The van der Waals surface area contributed by atoms with Crippen LogP contribution in [0.15, 0.2) is 61.2 Å². The molecule has 0 aliphatic rings. The molecule has 4 rings (SSSR count). The smallest absolute Gasteiger partial charge is 0.260 e. The van der Waals surface area contributed by atoms with Crippen molar-refractivity contribution in [3.63, 3.8) is 0 Å². The average Bonchev–Trinajstić information content (AvgIpc) is 3.41. The van der Waals surface area contributed by atoms with E-state index in [1.54, 1.807) is 35.1 Å². The van der Waals surface area contributed by atoms with Crippen LogP contribution in [0.1, 0.15) is 0 Å². The lowest BCUT2D eigenvalue weighted by Crippen LogP contribution is -2.33. The Morgan fingerprint density at radius 1 is 1.11 bits per heavy atom. The van der Waals surface area contributed by atoms with Gasteiger partial charge in [0.05, 0.1) is 23.0 Å². The molecule has 1 amide bonds. The van der Waals surface area contributed by atoms with Gasteiger partial charge in [0.15, 0.2) is 6.61 Å². The number of likely N-dealkylation sites (N-methyl/N-ethyl adjacent to an activating group) is 1. The van der Waals surface area contributed by atoms with Crippen molar-refractivity contribution in [1.82, 2.24) is 34.7 Å². The zero-order valence-electron chi connectivity index (χ0n) is 15.3. The minimum atomic E-state index is -0.0889. The number of benzene rings is 2. The first-order valence-electron chi connectivity index (χ1n) is 8.81. The summed E-state index contributed by atoms with van der Waals surface area (Å²) in [5.41, 5.74) is 2.82. The van der Waals surface area contributed by atoms with E-state index >= 15 is 0 Å². The van der Waals surface area contributed by atoms with Crippen molar-refractivity contribution in [2.75, 3.05) is 20.2 Å². The summed E-state index contributed by atoms with van der Waals surface area (Å²) < 4.78 is 9.18. The number of carbonyl (C=O) groups is 1. The third-order valence-corrected chi connectivity index (χ3v) is 4.44. The van der Waals surface area contributed by atoms with Crippen LogP contribution in [-0.2, 0) is 11.3 Å². The molecule has 2 heterocycles. The molecule has 0 bridgehead atoms. The lowest BCUT2D eigenvalue weighted by atomic mass is 10.3. The molecule has 28 heavy (non-hydrogen) atoms. The van der Waals surface area contributed by atoms with E-state index in [2.05, 4.69) is 20.5 Å². The number of hydrogen-bond acceptors (Lipinski definition) is 6. The maximum Gasteiger partial charge on any atom is 0.260 e. The molecule has 2 aromatic carbocycles. The first kappa shape index (κ1) is 17.7. The van der Waals surface area contributed by atoms with E-state index in [4.69, 9.17) is 4.74 Å². The standard InChI is InChI=1S/C19H19N7O2/c1-24(10-11-25-13-20-17-4-2-3-5-18(17)25)19(27)12-28-16-8-6-15(7-9-16)26-14-21-22-23-26/h2-9,13-14H,10-12H2,1H3. The highest BCUT2D eigenvalue weighted by Crippen LogP contribution is 2.14. The number of amides is 1. The molecular formula is C19H19N7O2. The number of rotatable bonds is 7. The van der Waals surface area contributed by atoms with Crippen LogP contribution in [0, 0.1) is 0 Å². The van der Waals surface area contributed by atoms with Gasteiger partial charge in [0.1, 0.15) is 12.1 Å². The van der Waals surface area contributed by atoms with Crippen molar-refractivity contribution in [3.8, 4) is 11.4 Å². The average molecular weight is 377 g/mol. The predicted molar refractivity (Wildman–Crippen MR) is 102 cm³/mol. The van der Waals surface area contributed by atoms with Gasteiger partial charge in [-0.2, -0.15) is 0 Å². The Hall–Kier alpha value is -3.75. The highest BCUT2D eigenvalue weighted by molar-refractivity contribution is 5.77. The number of hydrogen-bond donors (Lipinski definition) is 0. The third kappa shape index (κ3) is 3.83. The molecule has 0 fully saturated rings. The Morgan fingerprint density at radius 3 is 2.71 bits per heavy atom. The van der Waals surface area contributed by atoms with Crippen molar-refractivity contribution in [2.24, 2.45) is 0 Å². The van der Waals surface area contributed by atoms with Crippen LogP contribution < -0.4 is 4.74 Å². The molecule has 9 heteroatoms. The van der Waals surface area contributed by atoms with Gasteiger partial charge in [-0.25, -0.2) is 9.67 Å². The van der Waals surface area contributed by atoms with Gasteiger partial charge in [-0.3, -0.25) is 4.79 Å². The Morgan fingerprint density at radius 2 is 1.93 bits per heavy atom. The zero-order valence-corrected chi connectivity index (χ0v) is 15.3. The number of imidazole rings is 1. The van der Waals surface area contributed by atoms with Crippen LogP contribution in [-0.4, -0.2) is 60.8 Å². The van der Waals surface area contributed by atoms with Crippen LogP contribution in [0.5, 0.6) is 5.75 Å². The van der Waals surface area contributed by atoms with Crippen molar-refractivity contribution in [2.45, 2.75) is 6.54 Å². The number of para-hydroxylation sites is 2. The van der Waals surface area contributed by atoms with Crippen LogP contribution in [0.4, 0.5) is 0 Å². The van der Waals surface area contributed by atoms with Gasteiger partial charge in [-0.15, -0.1) is 5.10 Å². The highest BCUT2D eigenvalue weighted by Gasteiger charge is 2.11. The molecule has 4 aromatic rings. The summed E-state index contributed by atoms with van der Waals surface area (Å²) in [6.07, 6.45) is 3.31. The minimum Gasteiger partial charge on any atom is -0.484 e. The van der Waals surface area contributed by atoms with E-state index in [1.807, 2.05) is 41.0 Å². The number of tetrazole rings is 1. The first-order valence-corrected chi connectivity index (χ1v) is 8.81. The van der Waals surface area contributed by atoms with E-state index in [1.165, 1.54) is 6.33 Å². The van der Waals surface area contributed by atoms with Crippen LogP contribution in [0.2, 0.25) is 0 Å². The fourth-order valence-corrected chi connectivity index (χ4v) is 2.80. The van der Waals surface area contributed by atoms with Crippen molar-refractivity contribution in [1.29, 1.82) is 0 Å². The monoisotopic (exact) mass is 377 g/mol. The SMILES string of the molecule is CN(CCn1cnc2ccccc21)C(=O)COc1ccc(-n2cnnn2)cc1. The predicted octanol–water partition coefficient (Wildman–Crippen LogP) is 1.55. The Balaban J connectivity index is 1.28. The van der Waals surface area contributed by atoms with Crippen molar-refractivity contribution < 1.29 is 9.53 Å². The molecule has 0 saturated carbocycles. The molecule has 0 unspecified atom stereocenters. The molecular weight excluding hydrogens is 358 g/mol. The van der Waals surface area contributed by atoms with Gasteiger partial charge in [0.2, 0.25) is 0 Å². The maximum absolute atomic E-state index is 12.3. The topological polar surface area (TPSA) is 91.0 Å². The molecule has 0 atom stereocenters. The molecule has 9 nitrogen and oxygen atoms in total. The van der Waals surface area contributed by atoms with E-state index < -0.39 is 0 Å². The number of nitrogens with zero attached hydrogens (tertiary/aromatic N) is 7.